The number of allylic oxidation sites excluding steroid dienone is 1. The second kappa shape index (κ2) is 9.87. The van der Waals surface area contributed by atoms with E-state index in [2.05, 4.69) is 135 Å². The number of hydrogen-bond acceptors (Lipinski definition) is 3. The van der Waals surface area contributed by atoms with Crippen LogP contribution in [0.4, 0.5) is 17.1 Å². The first kappa shape index (κ1) is 26.2. The molecule has 2 heterocycles. The van der Waals surface area contributed by atoms with Gasteiger partial charge in [-0.15, -0.1) is 0 Å². The Morgan fingerprint density at radius 3 is 2.02 bits per heavy atom. The van der Waals surface area contributed by atoms with E-state index in [1.165, 1.54) is 27.5 Å². The largest absolute Gasteiger partial charge is 0.456 e. The number of benzene rings is 6. The van der Waals surface area contributed by atoms with Crippen LogP contribution in [-0.2, 0) is 6.42 Å². The van der Waals surface area contributed by atoms with Gasteiger partial charge in [-0.1, -0.05) is 81.5 Å². The minimum absolute atomic E-state index is 0.456. The number of rotatable bonds is 4. The molecule has 1 atom stereocenters. The molecule has 1 unspecified atom stereocenters. The van der Waals surface area contributed by atoms with Crippen LogP contribution in [-0.4, -0.2) is 0 Å². The Morgan fingerprint density at radius 1 is 0.622 bits per heavy atom. The van der Waals surface area contributed by atoms with E-state index in [0.717, 1.165) is 67.4 Å². The summed E-state index contributed by atoms with van der Waals surface area (Å²) in [4.78, 5) is 2.38. The molecule has 0 radical (unpaired) electrons. The Labute approximate surface area is 262 Å². The van der Waals surface area contributed by atoms with Gasteiger partial charge in [0.15, 0.2) is 0 Å². The van der Waals surface area contributed by atoms with Crippen LogP contribution in [0.25, 0.3) is 60.7 Å². The molecule has 3 heteroatoms. The van der Waals surface area contributed by atoms with Crippen LogP contribution in [0.2, 0.25) is 0 Å². The van der Waals surface area contributed by atoms with E-state index < -0.39 is 0 Å². The summed E-state index contributed by atoms with van der Waals surface area (Å²) in [6.45, 7) is 6.77. The Bertz CT molecular complexity index is 2470. The molecule has 0 bridgehead atoms. The molecule has 0 amide bonds. The fourth-order valence-electron chi connectivity index (χ4n) is 7.23. The third kappa shape index (κ3) is 4.11. The fraction of sp³-hybridized carbons (Fsp3) is 0.143. The highest BCUT2D eigenvalue weighted by molar-refractivity contribution is 6.08. The Morgan fingerprint density at radius 2 is 1.27 bits per heavy atom. The van der Waals surface area contributed by atoms with Crippen molar-refractivity contribution in [2.45, 2.75) is 33.1 Å². The number of nitrogens with zero attached hydrogens (tertiary/aromatic N) is 1. The molecule has 0 saturated heterocycles. The van der Waals surface area contributed by atoms with Crippen molar-refractivity contribution in [1.82, 2.24) is 0 Å². The molecule has 6 aromatic carbocycles. The minimum atomic E-state index is 0.456. The van der Waals surface area contributed by atoms with Crippen LogP contribution in [0.1, 0.15) is 43.4 Å². The zero-order chi connectivity index (χ0) is 30.2. The van der Waals surface area contributed by atoms with Crippen LogP contribution in [0.5, 0.6) is 0 Å². The zero-order valence-electron chi connectivity index (χ0n) is 25.7. The maximum atomic E-state index is 6.50. The summed E-state index contributed by atoms with van der Waals surface area (Å²) in [7, 11) is 0. The lowest BCUT2D eigenvalue weighted by Crippen LogP contribution is -2.14. The minimum Gasteiger partial charge on any atom is -0.456 e. The van der Waals surface area contributed by atoms with E-state index in [1.54, 1.807) is 0 Å². The summed E-state index contributed by atoms with van der Waals surface area (Å²) >= 11 is 0. The second-order valence-electron chi connectivity index (χ2n) is 12.9. The molecule has 8 aromatic rings. The average Bonchev–Trinajstić information content (AvgIpc) is 3.62. The lowest BCUT2D eigenvalue weighted by atomic mass is 9.85. The molecule has 2 aromatic heterocycles. The van der Waals surface area contributed by atoms with Gasteiger partial charge in [0.05, 0.1) is 5.69 Å². The van der Waals surface area contributed by atoms with Gasteiger partial charge < -0.3 is 13.7 Å². The van der Waals surface area contributed by atoms with E-state index in [4.69, 9.17) is 8.83 Å². The Hall–Kier alpha value is -5.28. The van der Waals surface area contributed by atoms with Crippen LogP contribution >= 0.6 is 0 Å². The number of fused-ring (bicyclic) bond motifs is 9. The Balaban J connectivity index is 1.31. The monoisotopic (exact) mass is 583 g/mol. The molecular weight excluding hydrogens is 550 g/mol. The maximum Gasteiger partial charge on any atom is 0.137 e. The number of hydrogen-bond donors (Lipinski definition) is 0. The van der Waals surface area contributed by atoms with Gasteiger partial charge in [-0.2, -0.15) is 0 Å². The van der Waals surface area contributed by atoms with Gasteiger partial charge in [-0.05, 0) is 88.7 Å². The van der Waals surface area contributed by atoms with E-state index in [9.17, 15) is 0 Å². The summed E-state index contributed by atoms with van der Waals surface area (Å²) in [5, 5.41) is 7.13. The van der Waals surface area contributed by atoms with Crippen molar-refractivity contribution in [3.05, 3.63) is 132 Å². The van der Waals surface area contributed by atoms with Crippen LogP contribution in [0.3, 0.4) is 0 Å². The summed E-state index contributed by atoms with van der Waals surface area (Å²) in [6.07, 6.45) is 5.68. The molecule has 218 valence electrons. The molecule has 1 aliphatic rings. The van der Waals surface area contributed by atoms with Gasteiger partial charge in [-0.3, -0.25) is 0 Å². The summed E-state index contributed by atoms with van der Waals surface area (Å²) in [5.41, 5.74) is 10.8. The first-order chi connectivity index (χ1) is 22.0. The molecule has 0 N–H and O–H groups in total. The van der Waals surface area contributed by atoms with Crippen molar-refractivity contribution in [2.24, 2.45) is 5.92 Å². The first-order valence-corrected chi connectivity index (χ1v) is 15.9. The molecule has 0 fully saturated rings. The lowest BCUT2D eigenvalue weighted by Gasteiger charge is -2.30. The quantitative estimate of drug-likeness (QED) is 0.206. The van der Waals surface area contributed by atoms with Gasteiger partial charge in [0, 0.05) is 50.6 Å². The predicted octanol–water partition coefficient (Wildman–Crippen LogP) is 12.4. The van der Waals surface area contributed by atoms with Crippen LogP contribution < -0.4 is 4.90 Å². The topological polar surface area (TPSA) is 29.5 Å². The van der Waals surface area contributed by atoms with Gasteiger partial charge in [-0.25, -0.2) is 0 Å². The van der Waals surface area contributed by atoms with Crippen molar-refractivity contribution in [3.8, 4) is 0 Å². The maximum absolute atomic E-state index is 6.50. The Kier molecular flexibility index (Phi) is 5.73. The third-order valence-corrected chi connectivity index (χ3v) is 9.56. The van der Waals surface area contributed by atoms with Crippen molar-refractivity contribution >= 4 is 77.8 Å². The van der Waals surface area contributed by atoms with Crippen LogP contribution in [0, 0.1) is 5.92 Å². The summed E-state index contributed by atoms with van der Waals surface area (Å²) in [5.74, 6) is 0.941. The zero-order valence-corrected chi connectivity index (χ0v) is 25.7. The van der Waals surface area contributed by atoms with E-state index in [1.807, 2.05) is 12.1 Å². The molecule has 9 rings (SSSR count). The molecule has 0 aliphatic heterocycles. The third-order valence-electron chi connectivity index (χ3n) is 9.56. The smallest absolute Gasteiger partial charge is 0.137 e. The van der Waals surface area contributed by atoms with Crippen molar-refractivity contribution < 1.29 is 8.83 Å². The SMILES string of the molecule is CC1C=Cc2c(N(c3ccc4c(c3)oc3ccccc34)c3ccc4c(c3)oc3ccc(C(C)C)cc34)cc3ccccc3c2C1. The normalized spacial score (nSPS) is 14.8. The standard InChI is InChI=1S/C42H33NO2/c1-25(2)27-13-19-40-37(21-27)35-18-15-30(24-42(35)45-40)43(29-14-17-34-33-10-6-7-11-39(33)44-41(34)23-29)38-22-28-8-4-5-9-31(28)36-20-26(3)12-16-32(36)38/h4-19,21-26H,20H2,1-3H3. The molecule has 0 spiro atoms. The predicted molar refractivity (Wildman–Crippen MR) is 189 cm³/mol. The summed E-state index contributed by atoms with van der Waals surface area (Å²) in [6, 6.07) is 39.2. The van der Waals surface area contributed by atoms with E-state index in [-0.39, 0.29) is 0 Å². The van der Waals surface area contributed by atoms with Gasteiger partial charge >= 0.3 is 0 Å². The molecule has 0 saturated carbocycles. The van der Waals surface area contributed by atoms with Crippen molar-refractivity contribution in [1.29, 1.82) is 0 Å². The van der Waals surface area contributed by atoms with Gasteiger partial charge in [0.1, 0.15) is 22.3 Å². The first-order valence-electron chi connectivity index (χ1n) is 15.9. The van der Waals surface area contributed by atoms with Crippen LogP contribution in [0.15, 0.2) is 124 Å². The van der Waals surface area contributed by atoms with Crippen molar-refractivity contribution in [3.63, 3.8) is 0 Å². The average molecular weight is 584 g/mol. The second-order valence-corrected chi connectivity index (χ2v) is 12.9. The fourth-order valence-corrected chi connectivity index (χ4v) is 7.23. The highest BCUT2D eigenvalue weighted by Gasteiger charge is 2.24. The van der Waals surface area contributed by atoms with Gasteiger partial charge in [0.25, 0.3) is 0 Å². The highest BCUT2D eigenvalue weighted by atomic mass is 16.3. The summed E-state index contributed by atoms with van der Waals surface area (Å²) < 4.78 is 12.9. The van der Waals surface area contributed by atoms with Crippen molar-refractivity contribution in [2.75, 3.05) is 4.90 Å². The van der Waals surface area contributed by atoms with Gasteiger partial charge in [0.2, 0.25) is 0 Å². The molecule has 1 aliphatic carbocycles. The molecular formula is C42H33NO2. The lowest BCUT2D eigenvalue weighted by molar-refractivity contribution is 0.668. The number of furan rings is 2. The van der Waals surface area contributed by atoms with E-state index >= 15 is 0 Å². The number of para-hydroxylation sites is 1. The number of anilines is 3. The highest BCUT2D eigenvalue weighted by Crippen LogP contribution is 2.46. The van der Waals surface area contributed by atoms with E-state index in [0.29, 0.717) is 11.8 Å². The molecule has 3 nitrogen and oxygen atoms in total. The molecule has 45 heavy (non-hydrogen) atoms.